The van der Waals surface area contributed by atoms with Crippen LogP contribution in [0.3, 0.4) is 0 Å². The topological polar surface area (TPSA) is 111 Å². The molecule has 0 fully saturated rings. The molecule has 1 N–H and O–H groups in total. The molecule has 2 aromatic rings. The van der Waals surface area contributed by atoms with Gasteiger partial charge in [-0.1, -0.05) is 12.1 Å². The second-order valence-corrected chi connectivity index (χ2v) is 6.09. The highest BCUT2D eigenvalue weighted by atomic mass is 16.6. The van der Waals surface area contributed by atoms with Gasteiger partial charge in [0.2, 0.25) is 5.91 Å². The Labute approximate surface area is 167 Å². The van der Waals surface area contributed by atoms with Crippen LogP contribution < -0.4 is 14.8 Å². The van der Waals surface area contributed by atoms with Crippen molar-refractivity contribution < 1.29 is 24.0 Å². The molecule has 0 bridgehead atoms. The van der Waals surface area contributed by atoms with Gasteiger partial charge in [-0.15, -0.1) is 0 Å². The first-order valence-corrected chi connectivity index (χ1v) is 8.48. The molecule has 9 nitrogen and oxygen atoms in total. The number of carbonyl (C=O) groups is 2. The number of ether oxygens (including phenoxy) is 2. The Morgan fingerprint density at radius 2 is 1.72 bits per heavy atom. The van der Waals surface area contributed by atoms with Gasteiger partial charge >= 0.3 is 0 Å². The van der Waals surface area contributed by atoms with Crippen LogP contribution in [0.15, 0.2) is 42.5 Å². The average molecular weight is 399 g/mol. The summed E-state index contributed by atoms with van der Waals surface area (Å²) in [6.07, 6.45) is 2.49. The van der Waals surface area contributed by atoms with E-state index in [1.54, 1.807) is 20.2 Å². The number of benzene rings is 2. The number of nitro benzene ring substituents is 1. The number of nitro groups is 1. The second-order valence-electron chi connectivity index (χ2n) is 6.09. The minimum atomic E-state index is -0.567. The highest BCUT2D eigenvalue weighted by molar-refractivity contribution is 6.08. The Bertz CT molecular complexity index is 969. The van der Waals surface area contributed by atoms with Gasteiger partial charge in [-0.2, -0.15) is 0 Å². The lowest BCUT2D eigenvalue weighted by atomic mass is 10.1. The molecule has 2 rings (SSSR count). The zero-order valence-corrected chi connectivity index (χ0v) is 16.5. The van der Waals surface area contributed by atoms with Gasteiger partial charge in [-0.25, -0.2) is 0 Å². The lowest BCUT2D eigenvalue weighted by molar-refractivity contribution is -0.385. The molecule has 0 aliphatic heterocycles. The number of amides is 2. The quantitative estimate of drug-likeness (QED) is 0.435. The second kappa shape index (κ2) is 9.36. The fourth-order valence-electron chi connectivity index (χ4n) is 2.53. The van der Waals surface area contributed by atoms with Gasteiger partial charge in [0.05, 0.1) is 36.0 Å². The number of anilines is 1. The fraction of sp³-hybridized carbons (Fsp3) is 0.200. The lowest BCUT2D eigenvalue weighted by Gasteiger charge is -2.17. The van der Waals surface area contributed by atoms with Crippen LogP contribution in [0.25, 0.3) is 6.08 Å². The van der Waals surface area contributed by atoms with Gasteiger partial charge in [0.1, 0.15) is 0 Å². The first-order chi connectivity index (χ1) is 13.8. The first-order valence-electron chi connectivity index (χ1n) is 8.48. The van der Waals surface area contributed by atoms with Gasteiger partial charge in [0, 0.05) is 32.3 Å². The molecule has 0 radical (unpaired) electrons. The molecule has 0 aromatic heterocycles. The maximum absolute atomic E-state index is 12.5. The van der Waals surface area contributed by atoms with E-state index in [2.05, 4.69) is 5.32 Å². The third-order valence-electron chi connectivity index (χ3n) is 3.97. The van der Waals surface area contributed by atoms with Crippen LogP contribution in [0.5, 0.6) is 11.5 Å². The van der Waals surface area contributed by atoms with Gasteiger partial charge in [0.25, 0.3) is 11.6 Å². The molecule has 0 atom stereocenters. The van der Waals surface area contributed by atoms with Crippen LogP contribution in [0.4, 0.5) is 11.4 Å². The van der Waals surface area contributed by atoms with Crippen molar-refractivity contribution in [1.82, 2.24) is 4.90 Å². The molecular formula is C20H21N3O6. The summed E-state index contributed by atoms with van der Waals surface area (Å²) in [5, 5.41) is 13.7. The molecule has 0 aliphatic carbocycles. The maximum atomic E-state index is 12.5. The van der Waals surface area contributed by atoms with Crippen molar-refractivity contribution in [2.24, 2.45) is 0 Å². The van der Waals surface area contributed by atoms with E-state index < -0.39 is 10.8 Å². The van der Waals surface area contributed by atoms with E-state index in [4.69, 9.17) is 9.47 Å². The summed E-state index contributed by atoms with van der Waals surface area (Å²) in [6.45, 7) is 0. The molecular weight excluding hydrogens is 378 g/mol. The molecule has 0 aliphatic rings. The number of hydrogen-bond acceptors (Lipinski definition) is 6. The molecule has 152 valence electrons. The molecule has 0 unspecified atom stereocenters. The molecule has 0 saturated carbocycles. The summed E-state index contributed by atoms with van der Waals surface area (Å²) in [6, 6.07) is 9.00. The summed E-state index contributed by atoms with van der Waals surface area (Å²) in [7, 11) is 6.04. The minimum absolute atomic E-state index is 0.119. The Kier molecular flexibility index (Phi) is 6.91. The van der Waals surface area contributed by atoms with Crippen LogP contribution in [-0.2, 0) is 4.79 Å². The first kappa shape index (κ1) is 21.4. The molecule has 29 heavy (non-hydrogen) atoms. The summed E-state index contributed by atoms with van der Waals surface area (Å²) < 4.78 is 10.5. The molecule has 0 spiro atoms. The Morgan fingerprint density at radius 3 is 2.31 bits per heavy atom. The van der Waals surface area contributed by atoms with Crippen molar-refractivity contribution in [3.8, 4) is 11.5 Å². The summed E-state index contributed by atoms with van der Waals surface area (Å²) in [5.74, 6) is -0.237. The number of nitrogens with one attached hydrogen (secondary N) is 1. The standard InChI is InChI=1S/C20H21N3O6/c1-22(2)20(25)14-11-17(28-3)18(29-4)12-15(14)21-19(24)10-9-13-7-5-6-8-16(13)23(26)27/h5-12H,1-4H3,(H,21,24)/b10-9+. The van der Waals surface area contributed by atoms with E-state index in [0.29, 0.717) is 11.5 Å². The van der Waals surface area contributed by atoms with E-state index in [1.165, 1.54) is 55.5 Å². The summed E-state index contributed by atoms with van der Waals surface area (Å²) >= 11 is 0. The van der Waals surface area contributed by atoms with E-state index >= 15 is 0 Å². The van der Waals surface area contributed by atoms with Crippen molar-refractivity contribution in [3.63, 3.8) is 0 Å². The fourth-order valence-corrected chi connectivity index (χ4v) is 2.53. The summed E-state index contributed by atoms with van der Waals surface area (Å²) in [5.41, 5.74) is 0.592. The van der Waals surface area contributed by atoms with Gasteiger partial charge < -0.3 is 19.7 Å². The highest BCUT2D eigenvalue weighted by Gasteiger charge is 2.19. The molecule has 2 amide bonds. The number of para-hydroxylation sites is 1. The number of methoxy groups -OCH3 is 2. The predicted molar refractivity (Wildman–Crippen MR) is 108 cm³/mol. The maximum Gasteiger partial charge on any atom is 0.276 e. The number of nitrogens with zero attached hydrogens (tertiary/aromatic N) is 2. The van der Waals surface area contributed by atoms with Crippen molar-refractivity contribution in [3.05, 3.63) is 63.7 Å². The SMILES string of the molecule is COc1cc(NC(=O)/C=C/c2ccccc2[N+](=O)[O-])c(C(=O)N(C)C)cc1OC. The largest absolute Gasteiger partial charge is 0.493 e. The minimum Gasteiger partial charge on any atom is -0.493 e. The van der Waals surface area contributed by atoms with E-state index in [1.807, 2.05) is 0 Å². The van der Waals surface area contributed by atoms with Crippen molar-refractivity contribution >= 4 is 29.3 Å². The molecule has 9 heteroatoms. The monoisotopic (exact) mass is 399 g/mol. The average Bonchev–Trinajstić information content (AvgIpc) is 2.71. The number of carbonyl (C=O) groups excluding carboxylic acids is 2. The third kappa shape index (κ3) is 5.10. The number of hydrogen-bond donors (Lipinski definition) is 1. The molecule has 0 heterocycles. The normalized spacial score (nSPS) is 10.5. The highest BCUT2D eigenvalue weighted by Crippen LogP contribution is 2.34. The van der Waals surface area contributed by atoms with Crippen LogP contribution in [0, 0.1) is 10.1 Å². The Hall–Kier alpha value is -3.88. The van der Waals surface area contributed by atoms with E-state index in [-0.39, 0.29) is 28.4 Å². The van der Waals surface area contributed by atoms with Crippen LogP contribution in [0.1, 0.15) is 15.9 Å². The molecule has 2 aromatic carbocycles. The smallest absolute Gasteiger partial charge is 0.276 e. The van der Waals surface area contributed by atoms with Gasteiger partial charge in [-0.05, 0) is 18.2 Å². The Balaban J connectivity index is 2.36. The van der Waals surface area contributed by atoms with Crippen LogP contribution in [-0.4, -0.2) is 50.0 Å². The van der Waals surface area contributed by atoms with Crippen molar-refractivity contribution in [1.29, 1.82) is 0 Å². The summed E-state index contributed by atoms with van der Waals surface area (Å²) in [4.78, 5) is 36.8. The van der Waals surface area contributed by atoms with E-state index in [9.17, 15) is 19.7 Å². The third-order valence-corrected chi connectivity index (χ3v) is 3.97. The van der Waals surface area contributed by atoms with Gasteiger partial charge in [0.15, 0.2) is 11.5 Å². The van der Waals surface area contributed by atoms with Crippen LogP contribution >= 0.6 is 0 Å². The number of rotatable bonds is 7. The zero-order chi connectivity index (χ0) is 21.6. The predicted octanol–water partition coefficient (Wildman–Crippen LogP) is 2.97. The van der Waals surface area contributed by atoms with Crippen molar-refractivity contribution in [2.45, 2.75) is 0 Å². The van der Waals surface area contributed by atoms with E-state index in [0.717, 1.165) is 6.08 Å². The van der Waals surface area contributed by atoms with Gasteiger partial charge in [-0.3, -0.25) is 19.7 Å². The van der Waals surface area contributed by atoms with Crippen molar-refractivity contribution in [2.75, 3.05) is 33.6 Å². The molecule has 0 saturated heterocycles. The van der Waals surface area contributed by atoms with Crippen LogP contribution in [0.2, 0.25) is 0 Å². The zero-order valence-electron chi connectivity index (χ0n) is 16.5. The lowest BCUT2D eigenvalue weighted by Crippen LogP contribution is -2.24. The Morgan fingerprint density at radius 1 is 1.10 bits per heavy atom.